The number of carbonyl (C=O) groups excluding carboxylic acids is 1. The fraction of sp³-hybridized carbons (Fsp3) is 0.625. The van der Waals surface area contributed by atoms with Gasteiger partial charge < -0.3 is 4.90 Å². The standard InChI is InChI=1S/C24H37N6OS/c1-19-5-6-22-23(19)29(24(31)26(3)4)13-16-30(22)14-11-28(12-15-30)21-7-9-27(10-8-21)18-32-20(2)17-25-32/h5-6,17,21H,1,7-16,18H2,2-4H3/q+1. The lowest BCUT2D eigenvalue weighted by molar-refractivity contribution is -0.896. The number of fused-ring (bicyclic) bond motifs is 1. The second-order valence-corrected chi connectivity index (χ2v) is 11.8. The predicted molar refractivity (Wildman–Crippen MR) is 131 cm³/mol. The summed E-state index contributed by atoms with van der Waals surface area (Å²) in [4.78, 5) is 23.2. The van der Waals surface area contributed by atoms with Gasteiger partial charge in [-0.2, -0.15) is 0 Å². The van der Waals surface area contributed by atoms with Gasteiger partial charge in [-0.15, -0.1) is 0 Å². The van der Waals surface area contributed by atoms with Crippen molar-refractivity contribution in [2.75, 3.05) is 72.3 Å². The Labute approximate surface area is 195 Å². The number of nitrogens with zero attached hydrogens (tertiary/aromatic N) is 6. The highest BCUT2D eigenvalue weighted by atomic mass is 32.2. The summed E-state index contributed by atoms with van der Waals surface area (Å²) in [5.41, 5.74) is 3.34. The van der Waals surface area contributed by atoms with E-state index in [4.69, 9.17) is 0 Å². The zero-order valence-corrected chi connectivity index (χ0v) is 20.6. The molecule has 4 heterocycles. The molecule has 1 spiro atoms. The third kappa shape index (κ3) is 3.81. The molecule has 7 nitrogen and oxygen atoms in total. The molecule has 174 valence electrons. The number of urea groups is 1. The highest BCUT2D eigenvalue weighted by Crippen LogP contribution is 2.39. The molecule has 0 aromatic rings. The minimum absolute atomic E-state index is 0.0617. The fourth-order valence-electron chi connectivity index (χ4n) is 5.80. The molecule has 4 aliphatic heterocycles. The first-order valence-corrected chi connectivity index (χ1v) is 13.3. The Morgan fingerprint density at radius 3 is 2.44 bits per heavy atom. The lowest BCUT2D eigenvalue weighted by Crippen LogP contribution is -2.65. The van der Waals surface area contributed by atoms with Crippen LogP contribution < -0.4 is 0 Å². The summed E-state index contributed by atoms with van der Waals surface area (Å²) in [6, 6.07) is 0.774. The molecule has 0 bridgehead atoms. The lowest BCUT2D eigenvalue weighted by Gasteiger charge is -2.51. The fourth-order valence-corrected chi connectivity index (χ4v) is 7.14. The second-order valence-electron chi connectivity index (χ2n) is 9.96. The Bertz CT molecular complexity index is 932. The summed E-state index contributed by atoms with van der Waals surface area (Å²) in [7, 11) is 3.83. The normalized spacial score (nSPS) is 28.5. The molecule has 1 aliphatic carbocycles. The number of amides is 2. The molecular formula is C24H37N6OS+. The van der Waals surface area contributed by atoms with Gasteiger partial charge in [0.25, 0.3) is 0 Å². The van der Waals surface area contributed by atoms with Crippen LogP contribution in [0.15, 0.2) is 51.2 Å². The molecule has 2 amide bonds. The van der Waals surface area contributed by atoms with Gasteiger partial charge in [-0.3, -0.25) is 19.2 Å². The molecule has 0 N–H and O–H groups in total. The van der Waals surface area contributed by atoms with E-state index in [1.807, 2.05) is 25.2 Å². The van der Waals surface area contributed by atoms with E-state index in [1.54, 1.807) is 4.90 Å². The Kier molecular flexibility index (Phi) is 5.90. The van der Waals surface area contributed by atoms with Gasteiger partial charge in [-0.25, -0.2) is 9.16 Å². The minimum atomic E-state index is 0.0617. The molecule has 8 heteroatoms. The molecule has 5 rings (SSSR count). The number of rotatable bonds is 3. The Morgan fingerprint density at radius 1 is 1.16 bits per heavy atom. The molecular weight excluding hydrogens is 420 g/mol. The van der Waals surface area contributed by atoms with Crippen LogP contribution >= 0.6 is 0 Å². The van der Waals surface area contributed by atoms with Crippen LogP contribution in [0.5, 0.6) is 0 Å². The van der Waals surface area contributed by atoms with Crippen molar-refractivity contribution in [3.63, 3.8) is 0 Å². The highest BCUT2D eigenvalue weighted by molar-refractivity contribution is 7.92. The minimum Gasteiger partial charge on any atom is -0.330 e. The topological polar surface area (TPSA) is 42.4 Å². The molecule has 32 heavy (non-hydrogen) atoms. The summed E-state index contributed by atoms with van der Waals surface area (Å²) in [5, 5.41) is 0. The smallest absolute Gasteiger partial charge is 0.324 e. The molecule has 1 atom stereocenters. The zero-order chi connectivity index (χ0) is 22.5. The van der Waals surface area contributed by atoms with E-state index in [2.05, 4.69) is 39.8 Å². The van der Waals surface area contributed by atoms with Crippen molar-refractivity contribution >= 4 is 16.7 Å². The van der Waals surface area contributed by atoms with Crippen LogP contribution in [0.25, 0.3) is 0 Å². The molecule has 0 aromatic heterocycles. The monoisotopic (exact) mass is 457 g/mol. The van der Waals surface area contributed by atoms with Gasteiger partial charge in [0.1, 0.15) is 12.2 Å². The number of piperidine rings is 1. The van der Waals surface area contributed by atoms with E-state index in [1.165, 1.54) is 36.5 Å². The van der Waals surface area contributed by atoms with Gasteiger partial charge in [-0.05, 0) is 31.4 Å². The first kappa shape index (κ1) is 22.1. The molecule has 2 fully saturated rings. The van der Waals surface area contributed by atoms with Gasteiger partial charge in [0, 0.05) is 63.5 Å². The van der Waals surface area contributed by atoms with Crippen molar-refractivity contribution in [2.24, 2.45) is 4.36 Å². The van der Waals surface area contributed by atoms with Crippen LogP contribution in [-0.2, 0) is 10.7 Å². The van der Waals surface area contributed by atoms with E-state index < -0.39 is 0 Å². The highest BCUT2D eigenvalue weighted by Gasteiger charge is 2.46. The summed E-state index contributed by atoms with van der Waals surface area (Å²) in [6.07, 6.45) is 8.89. The first-order valence-electron chi connectivity index (χ1n) is 11.9. The molecule has 0 radical (unpaired) electrons. The van der Waals surface area contributed by atoms with E-state index in [0.717, 1.165) is 60.9 Å². The van der Waals surface area contributed by atoms with Crippen LogP contribution in [-0.4, -0.2) is 108 Å². The number of hydrogen-bond donors (Lipinski definition) is 0. The number of quaternary nitrogens is 1. The number of hydrogen-bond acceptors (Lipinski definition) is 4. The lowest BCUT2D eigenvalue weighted by atomic mass is 10.0. The molecule has 0 aromatic carbocycles. The number of carbonyl (C=O) groups is 1. The van der Waals surface area contributed by atoms with Crippen LogP contribution in [0.3, 0.4) is 0 Å². The van der Waals surface area contributed by atoms with Gasteiger partial charge in [0.2, 0.25) is 0 Å². The van der Waals surface area contributed by atoms with Gasteiger partial charge >= 0.3 is 6.03 Å². The van der Waals surface area contributed by atoms with Crippen LogP contribution in [0.4, 0.5) is 4.79 Å². The van der Waals surface area contributed by atoms with Crippen LogP contribution in [0.1, 0.15) is 19.8 Å². The number of allylic oxidation sites excluding steroid dienone is 3. The average Bonchev–Trinajstić information content (AvgIpc) is 3.20. The molecule has 2 saturated heterocycles. The van der Waals surface area contributed by atoms with Gasteiger partial charge in [-0.1, -0.05) is 17.3 Å². The summed E-state index contributed by atoms with van der Waals surface area (Å²) >= 11 is 0. The third-order valence-corrected chi connectivity index (χ3v) is 9.70. The summed E-state index contributed by atoms with van der Waals surface area (Å²) < 4.78 is 5.53. The largest absolute Gasteiger partial charge is 0.330 e. The van der Waals surface area contributed by atoms with Crippen molar-refractivity contribution in [2.45, 2.75) is 25.8 Å². The van der Waals surface area contributed by atoms with Crippen molar-refractivity contribution in [1.29, 1.82) is 0 Å². The Balaban J connectivity index is 1.21. The van der Waals surface area contributed by atoms with Crippen molar-refractivity contribution in [3.05, 3.63) is 46.8 Å². The Morgan fingerprint density at radius 2 is 1.84 bits per heavy atom. The van der Waals surface area contributed by atoms with Crippen LogP contribution in [0.2, 0.25) is 0 Å². The predicted octanol–water partition coefficient (Wildman–Crippen LogP) is 2.55. The average molecular weight is 458 g/mol. The van der Waals surface area contributed by atoms with Crippen molar-refractivity contribution in [3.8, 4) is 0 Å². The zero-order valence-electron chi connectivity index (χ0n) is 19.8. The number of likely N-dealkylation sites (tertiary alicyclic amines) is 1. The Hall–Kier alpha value is -1.74. The molecule has 5 aliphatic rings. The number of piperazine rings is 1. The van der Waals surface area contributed by atoms with Crippen molar-refractivity contribution < 1.29 is 9.28 Å². The maximum atomic E-state index is 12.8. The maximum Gasteiger partial charge on any atom is 0.324 e. The van der Waals surface area contributed by atoms with E-state index >= 15 is 0 Å². The summed E-state index contributed by atoms with van der Waals surface area (Å²) in [6.45, 7) is 15.2. The maximum absolute atomic E-state index is 12.8. The van der Waals surface area contributed by atoms with Crippen LogP contribution in [0, 0.1) is 0 Å². The van der Waals surface area contributed by atoms with E-state index in [0.29, 0.717) is 6.04 Å². The third-order valence-electron chi connectivity index (χ3n) is 7.88. The molecule has 1 unspecified atom stereocenters. The second kappa shape index (κ2) is 8.56. The quantitative estimate of drug-likeness (QED) is 0.612. The SMILES string of the molecule is C=C1C=CC2=C1N(C(=O)N(C)C)CC[N+]21CCN(C2CCN(CS3=NC=C3C)CC2)CC1. The van der Waals surface area contributed by atoms with Gasteiger partial charge in [0.05, 0.1) is 25.5 Å². The van der Waals surface area contributed by atoms with E-state index in [-0.39, 0.29) is 16.7 Å². The first-order chi connectivity index (χ1) is 15.4. The van der Waals surface area contributed by atoms with Gasteiger partial charge in [0.15, 0.2) is 5.70 Å². The summed E-state index contributed by atoms with van der Waals surface area (Å²) in [5.74, 6) is 1.13. The van der Waals surface area contributed by atoms with E-state index in [9.17, 15) is 4.79 Å². The van der Waals surface area contributed by atoms with Crippen molar-refractivity contribution in [1.82, 2.24) is 19.6 Å². The molecule has 0 saturated carbocycles.